The maximum atomic E-state index is 12.2. The van der Waals surface area contributed by atoms with E-state index in [2.05, 4.69) is 21.2 Å². The average molecular weight is 319 g/mol. The van der Waals surface area contributed by atoms with E-state index in [1.165, 1.54) is 0 Å². The fourth-order valence-corrected chi connectivity index (χ4v) is 2.02. The molecule has 0 aliphatic rings. The molecule has 3 N–H and O–H groups in total. The van der Waals surface area contributed by atoms with E-state index in [-0.39, 0.29) is 5.91 Å². The topological polar surface area (TPSA) is 55.1 Å². The normalized spacial score (nSPS) is 10.3. The van der Waals surface area contributed by atoms with E-state index in [4.69, 9.17) is 5.73 Å². The lowest BCUT2D eigenvalue weighted by atomic mass is 10.1. The highest BCUT2D eigenvalue weighted by Crippen LogP contribution is 2.22. The lowest BCUT2D eigenvalue weighted by Crippen LogP contribution is -2.13. The number of benzene rings is 2. The van der Waals surface area contributed by atoms with Crippen LogP contribution in [0.4, 0.5) is 11.4 Å². The molecule has 0 aliphatic carbocycles. The van der Waals surface area contributed by atoms with Crippen molar-refractivity contribution in [2.24, 2.45) is 0 Å². The van der Waals surface area contributed by atoms with Crippen LogP contribution in [0.1, 0.15) is 21.5 Å². The summed E-state index contributed by atoms with van der Waals surface area (Å²) in [5, 5.41) is 2.88. The van der Waals surface area contributed by atoms with E-state index in [9.17, 15) is 4.79 Å². The third-order valence-corrected chi connectivity index (χ3v) is 3.93. The first kappa shape index (κ1) is 13.6. The molecular weight excluding hydrogens is 304 g/mol. The molecule has 0 bridgehead atoms. The Morgan fingerprint density at radius 3 is 2.63 bits per heavy atom. The molecule has 0 aromatic heterocycles. The second-order valence-electron chi connectivity index (χ2n) is 4.44. The van der Waals surface area contributed by atoms with Gasteiger partial charge >= 0.3 is 0 Å². The summed E-state index contributed by atoms with van der Waals surface area (Å²) in [6.45, 7) is 3.84. The number of rotatable bonds is 2. The second kappa shape index (κ2) is 5.45. The zero-order chi connectivity index (χ0) is 14.0. The fourth-order valence-electron chi connectivity index (χ4n) is 1.77. The number of hydrogen-bond donors (Lipinski definition) is 2. The maximum Gasteiger partial charge on any atom is 0.255 e. The first-order chi connectivity index (χ1) is 8.99. The van der Waals surface area contributed by atoms with Gasteiger partial charge in [-0.05, 0) is 55.3 Å². The van der Waals surface area contributed by atoms with Crippen LogP contribution in [-0.2, 0) is 0 Å². The van der Waals surface area contributed by atoms with Crippen LogP contribution in [0.2, 0.25) is 0 Å². The van der Waals surface area contributed by atoms with Gasteiger partial charge in [-0.2, -0.15) is 0 Å². The summed E-state index contributed by atoms with van der Waals surface area (Å²) < 4.78 is 0.990. The smallest absolute Gasteiger partial charge is 0.255 e. The van der Waals surface area contributed by atoms with Crippen molar-refractivity contribution in [3.63, 3.8) is 0 Å². The quantitative estimate of drug-likeness (QED) is 0.825. The predicted molar refractivity (Wildman–Crippen MR) is 82.4 cm³/mol. The molecule has 0 radical (unpaired) electrons. The minimum atomic E-state index is -0.135. The van der Waals surface area contributed by atoms with Gasteiger partial charge in [0.05, 0.1) is 0 Å². The Morgan fingerprint density at radius 2 is 1.95 bits per heavy atom. The highest BCUT2D eigenvalue weighted by Gasteiger charge is 2.09. The van der Waals surface area contributed by atoms with E-state index in [0.29, 0.717) is 11.3 Å². The van der Waals surface area contributed by atoms with Gasteiger partial charge in [0.25, 0.3) is 5.91 Å². The van der Waals surface area contributed by atoms with Crippen LogP contribution in [0.25, 0.3) is 0 Å². The van der Waals surface area contributed by atoms with Gasteiger partial charge in [0.15, 0.2) is 0 Å². The first-order valence-corrected chi connectivity index (χ1v) is 6.71. The number of aryl methyl sites for hydroxylation is 1. The molecule has 0 saturated carbocycles. The van der Waals surface area contributed by atoms with Crippen molar-refractivity contribution in [1.82, 2.24) is 0 Å². The van der Waals surface area contributed by atoms with E-state index in [1.54, 1.807) is 6.07 Å². The van der Waals surface area contributed by atoms with Crippen LogP contribution in [0.3, 0.4) is 0 Å². The summed E-state index contributed by atoms with van der Waals surface area (Å²) in [6.07, 6.45) is 0. The number of anilines is 2. The average Bonchev–Trinajstić information content (AvgIpc) is 2.38. The van der Waals surface area contributed by atoms with Crippen LogP contribution >= 0.6 is 15.9 Å². The number of halogens is 1. The van der Waals surface area contributed by atoms with Gasteiger partial charge in [0.2, 0.25) is 0 Å². The molecular formula is C15H15BrN2O. The van der Waals surface area contributed by atoms with E-state index in [0.717, 1.165) is 21.3 Å². The summed E-state index contributed by atoms with van der Waals surface area (Å²) >= 11 is 3.42. The van der Waals surface area contributed by atoms with Crippen molar-refractivity contribution in [2.45, 2.75) is 13.8 Å². The third-order valence-electron chi connectivity index (χ3n) is 3.04. The summed E-state index contributed by atoms with van der Waals surface area (Å²) in [6, 6.07) is 11.0. The molecule has 2 aromatic rings. The van der Waals surface area contributed by atoms with E-state index in [1.807, 2.05) is 44.2 Å². The number of nitrogens with two attached hydrogens (primary N) is 1. The number of nitrogens with one attached hydrogen (secondary N) is 1. The fraction of sp³-hybridized carbons (Fsp3) is 0.133. The van der Waals surface area contributed by atoms with Gasteiger partial charge in [-0.25, -0.2) is 0 Å². The van der Waals surface area contributed by atoms with Crippen LogP contribution in [-0.4, -0.2) is 5.91 Å². The molecule has 4 heteroatoms. The molecule has 98 valence electrons. The van der Waals surface area contributed by atoms with Gasteiger partial charge in [0, 0.05) is 21.4 Å². The van der Waals surface area contributed by atoms with Crippen LogP contribution < -0.4 is 11.1 Å². The van der Waals surface area contributed by atoms with E-state index >= 15 is 0 Å². The van der Waals surface area contributed by atoms with Crippen molar-refractivity contribution in [1.29, 1.82) is 0 Å². The molecule has 0 heterocycles. The number of carbonyl (C=O) groups excluding carboxylic acids is 1. The Morgan fingerprint density at radius 1 is 1.21 bits per heavy atom. The maximum absolute atomic E-state index is 12.2. The predicted octanol–water partition coefficient (Wildman–Crippen LogP) is 3.90. The van der Waals surface area contributed by atoms with Gasteiger partial charge < -0.3 is 11.1 Å². The molecule has 0 spiro atoms. The lowest BCUT2D eigenvalue weighted by molar-refractivity contribution is 0.102. The number of carbonyl (C=O) groups is 1. The minimum absolute atomic E-state index is 0.135. The van der Waals surface area contributed by atoms with Crippen molar-refractivity contribution in [3.05, 3.63) is 57.6 Å². The van der Waals surface area contributed by atoms with Crippen LogP contribution in [0.15, 0.2) is 40.9 Å². The lowest BCUT2D eigenvalue weighted by Gasteiger charge is -2.10. The Kier molecular flexibility index (Phi) is 3.90. The summed E-state index contributed by atoms with van der Waals surface area (Å²) in [5.74, 6) is -0.135. The Labute approximate surface area is 121 Å². The number of amides is 1. The highest BCUT2D eigenvalue weighted by molar-refractivity contribution is 9.10. The molecule has 0 saturated heterocycles. The molecule has 0 fully saturated rings. The van der Waals surface area contributed by atoms with Gasteiger partial charge in [0.1, 0.15) is 0 Å². The Balaban J connectivity index is 2.26. The monoisotopic (exact) mass is 318 g/mol. The van der Waals surface area contributed by atoms with Crippen molar-refractivity contribution < 1.29 is 4.79 Å². The van der Waals surface area contributed by atoms with Crippen LogP contribution in [0.5, 0.6) is 0 Å². The molecule has 19 heavy (non-hydrogen) atoms. The van der Waals surface area contributed by atoms with E-state index < -0.39 is 0 Å². The Hall–Kier alpha value is -1.81. The summed E-state index contributed by atoms with van der Waals surface area (Å²) in [5.41, 5.74) is 9.77. The number of nitrogen functional groups attached to an aromatic ring is 1. The van der Waals surface area contributed by atoms with Gasteiger partial charge in [-0.1, -0.05) is 22.0 Å². The zero-order valence-corrected chi connectivity index (χ0v) is 12.4. The van der Waals surface area contributed by atoms with Crippen molar-refractivity contribution in [3.8, 4) is 0 Å². The standard InChI is InChI=1S/C15H15BrN2O/c1-9-8-11(6-7-12(9)16)15(19)18-14-5-3-4-13(17)10(14)2/h3-8H,17H2,1-2H3,(H,18,19). The van der Waals surface area contributed by atoms with Crippen LogP contribution in [0, 0.1) is 13.8 Å². The SMILES string of the molecule is Cc1cc(C(=O)Nc2cccc(N)c2C)ccc1Br. The largest absolute Gasteiger partial charge is 0.398 e. The molecule has 1 amide bonds. The molecule has 0 atom stereocenters. The molecule has 0 unspecified atom stereocenters. The molecule has 3 nitrogen and oxygen atoms in total. The second-order valence-corrected chi connectivity index (χ2v) is 5.29. The number of hydrogen-bond acceptors (Lipinski definition) is 2. The summed E-state index contributed by atoms with van der Waals surface area (Å²) in [7, 11) is 0. The van der Waals surface area contributed by atoms with Gasteiger partial charge in [-0.15, -0.1) is 0 Å². The van der Waals surface area contributed by atoms with Crippen molar-refractivity contribution in [2.75, 3.05) is 11.1 Å². The van der Waals surface area contributed by atoms with Gasteiger partial charge in [-0.3, -0.25) is 4.79 Å². The highest BCUT2D eigenvalue weighted by atomic mass is 79.9. The first-order valence-electron chi connectivity index (χ1n) is 5.91. The zero-order valence-electron chi connectivity index (χ0n) is 10.8. The molecule has 2 rings (SSSR count). The van der Waals surface area contributed by atoms with Crippen molar-refractivity contribution >= 4 is 33.2 Å². The summed E-state index contributed by atoms with van der Waals surface area (Å²) in [4.78, 5) is 12.2. The minimum Gasteiger partial charge on any atom is -0.398 e. The molecule has 0 aliphatic heterocycles. The molecule has 2 aromatic carbocycles. The third kappa shape index (κ3) is 2.96. The Bertz CT molecular complexity index is 638.